The number of amides is 3. The lowest BCUT2D eigenvalue weighted by atomic mass is 9.98. The molecule has 0 spiro atoms. The van der Waals surface area contributed by atoms with Crippen LogP contribution in [-0.2, 0) is 16.1 Å². The van der Waals surface area contributed by atoms with E-state index in [4.69, 9.17) is 9.15 Å². The molecule has 0 saturated carbocycles. The molecule has 3 amide bonds. The molecule has 0 bridgehead atoms. The molecule has 0 aliphatic heterocycles. The first-order valence-electron chi connectivity index (χ1n) is 11.9. The average Bonchev–Trinajstić information content (AvgIpc) is 3.51. The minimum atomic E-state index is -1.13. The Labute approximate surface area is 208 Å². The zero-order valence-corrected chi connectivity index (χ0v) is 19.7. The summed E-state index contributed by atoms with van der Waals surface area (Å²) in [6.45, 7) is 0.772. The van der Waals surface area contributed by atoms with Crippen molar-refractivity contribution in [2.45, 2.75) is 37.8 Å². The Bertz CT molecular complexity index is 1150. The molecule has 1 unspecified atom stereocenters. The predicted molar refractivity (Wildman–Crippen MR) is 132 cm³/mol. The molecule has 0 radical (unpaired) electrons. The second-order valence-corrected chi connectivity index (χ2v) is 8.55. The monoisotopic (exact) mass is 491 g/mol. The van der Waals surface area contributed by atoms with Crippen molar-refractivity contribution < 1.29 is 28.6 Å². The zero-order valence-electron chi connectivity index (χ0n) is 19.7. The summed E-state index contributed by atoms with van der Waals surface area (Å²) in [5.74, 6) is -0.585. The van der Waals surface area contributed by atoms with Crippen molar-refractivity contribution in [3.8, 4) is 11.1 Å². The number of aliphatic carboxylic acids is 1. The van der Waals surface area contributed by atoms with E-state index in [1.54, 1.807) is 12.1 Å². The van der Waals surface area contributed by atoms with Crippen LogP contribution in [0.4, 0.5) is 9.59 Å². The van der Waals surface area contributed by atoms with Crippen LogP contribution < -0.4 is 16.0 Å². The van der Waals surface area contributed by atoms with Crippen LogP contribution in [0.1, 0.15) is 42.1 Å². The highest BCUT2D eigenvalue weighted by Gasteiger charge is 2.29. The molecular formula is C27H29N3O6. The number of ether oxygens (including phenoxy) is 1. The van der Waals surface area contributed by atoms with Gasteiger partial charge in [-0.2, -0.15) is 0 Å². The van der Waals surface area contributed by atoms with Gasteiger partial charge in [0.25, 0.3) is 0 Å². The highest BCUT2D eigenvalue weighted by atomic mass is 16.5. The predicted octanol–water partition coefficient (Wildman–Crippen LogP) is 4.24. The molecule has 188 valence electrons. The number of hydrogen-bond acceptors (Lipinski definition) is 5. The smallest absolute Gasteiger partial charge is 0.407 e. The maximum absolute atomic E-state index is 12.4. The zero-order chi connectivity index (χ0) is 25.3. The minimum Gasteiger partial charge on any atom is -0.480 e. The Morgan fingerprint density at radius 2 is 1.61 bits per heavy atom. The van der Waals surface area contributed by atoms with E-state index >= 15 is 0 Å². The molecule has 0 saturated heterocycles. The van der Waals surface area contributed by atoms with E-state index in [1.807, 2.05) is 48.5 Å². The van der Waals surface area contributed by atoms with Gasteiger partial charge in [0.2, 0.25) is 0 Å². The molecule has 3 aromatic rings. The lowest BCUT2D eigenvalue weighted by molar-refractivity contribution is -0.139. The van der Waals surface area contributed by atoms with Gasteiger partial charge in [-0.05, 0) is 53.6 Å². The van der Waals surface area contributed by atoms with Crippen molar-refractivity contribution in [3.05, 3.63) is 83.8 Å². The van der Waals surface area contributed by atoms with Crippen LogP contribution in [-0.4, -0.2) is 42.4 Å². The fourth-order valence-corrected chi connectivity index (χ4v) is 4.36. The van der Waals surface area contributed by atoms with Crippen molar-refractivity contribution in [2.75, 3.05) is 13.2 Å². The number of rotatable bonds is 11. The maximum Gasteiger partial charge on any atom is 0.407 e. The van der Waals surface area contributed by atoms with Gasteiger partial charge in [0.15, 0.2) is 0 Å². The summed E-state index contributed by atoms with van der Waals surface area (Å²) in [5.41, 5.74) is 4.41. The topological polar surface area (TPSA) is 130 Å². The van der Waals surface area contributed by atoms with E-state index in [2.05, 4.69) is 16.0 Å². The number of nitrogens with one attached hydrogen (secondary N) is 3. The standard InChI is InChI=1S/C27H29N3O6/c31-25(32)24(13-5-6-14-28-26(33)29-16-18-8-7-15-35-18)30-27(34)36-17-23-21-11-3-1-9-19(21)20-10-2-4-12-22(20)23/h1-4,7-12,15,23-24H,5-6,13-14,16-17H2,(H,30,34)(H,31,32)(H2,28,29,33). The third kappa shape index (κ3) is 6.24. The number of carboxylic acid groups (broad SMARTS) is 1. The Morgan fingerprint density at radius 3 is 2.25 bits per heavy atom. The highest BCUT2D eigenvalue weighted by Crippen LogP contribution is 2.44. The van der Waals surface area contributed by atoms with Crippen molar-refractivity contribution in [3.63, 3.8) is 0 Å². The highest BCUT2D eigenvalue weighted by molar-refractivity contribution is 5.81. The van der Waals surface area contributed by atoms with Crippen molar-refractivity contribution in [2.24, 2.45) is 0 Å². The largest absolute Gasteiger partial charge is 0.480 e. The molecule has 4 rings (SSSR count). The molecule has 1 aromatic heterocycles. The Morgan fingerprint density at radius 1 is 0.917 bits per heavy atom. The summed E-state index contributed by atoms with van der Waals surface area (Å²) in [7, 11) is 0. The molecule has 4 N–H and O–H groups in total. The van der Waals surface area contributed by atoms with Crippen molar-refractivity contribution in [1.82, 2.24) is 16.0 Å². The number of fused-ring (bicyclic) bond motifs is 3. The average molecular weight is 492 g/mol. The van der Waals surface area contributed by atoms with E-state index in [0.717, 1.165) is 22.3 Å². The first kappa shape index (κ1) is 24.8. The second-order valence-electron chi connectivity index (χ2n) is 8.55. The molecule has 1 atom stereocenters. The summed E-state index contributed by atoms with van der Waals surface area (Å²) in [4.78, 5) is 35.8. The van der Waals surface area contributed by atoms with E-state index < -0.39 is 18.1 Å². The van der Waals surface area contributed by atoms with Crippen LogP contribution in [0.2, 0.25) is 0 Å². The van der Waals surface area contributed by atoms with Gasteiger partial charge in [-0.3, -0.25) is 0 Å². The summed E-state index contributed by atoms with van der Waals surface area (Å²) in [6, 6.07) is 18.1. The first-order chi connectivity index (χ1) is 17.5. The van der Waals surface area contributed by atoms with Crippen LogP contribution in [0.5, 0.6) is 0 Å². The summed E-state index contributed by atoms with van der Waals surface area (Å²) >= 11 is 0. The number of hydrogen-bond donors (Lipinski definition) is 4. The van der Waals surface area contributed by atoms with E-state index in [9.17, 15) is 19.5 Å². The third-order valence-electron chi connectivity index (χ3n) is 6.14. The fraction of sp³-hybridized carbons (Fsp3) is 0.296. The molecule has 1 aliphatic carbocycles. The number of urea groups is 1. The summed E-state index contributed by atoms with van der Waals surface area (Å²) in [6.07, 6.45) is 2.04. The maximum atomic E-state index is 12.4. The van der Waals surface area contributed by atoms with Crippen LogP contribution in [0, 0.1) is 0 Å². The van der Waals surface area contributed by atoms with Gasteiger partial charge in [-0.15, -0.1) is 0 Å². The first-order valence-corrected chi connectivity index (χ1v) is 11.9. The van der Waals surface area contributed by atoms with Gasteiger partial charge in [0, 0.05) is 12.5 Å². The molecule has 9 heteroatoms. The molecule has 36 heavy (non-hydrogen) atoms. The van der Waals surface area contributed by atoms with Gasteiger partial charge in [-0.1, -0.05) is 48.5 Å². The lowest BCUT2D eigenvalue weighted by Crippen LogP contribution is -2.41. The third-order valence-corrected chi connectivity index (χ3v) is 6.14. The molecule has 1 aliphatic rings. The number of unbranched alkanes of at least 4 members (excludes halogenated alkanes) is 1. The number of furan rings is 1. The van der Waals surface area contributed by atoms with E-state index in [-0.39, 0.29) is 31.5 Å². The van der Waals surface area contributed by atoms with Gasteiger partial charge in [-0.25, -0.2) is 14.4 Å². The van der Waals surface area contributed by atoms with Crippen LogP contribution in [0.25, 0.3) is 11.1 Å². The lowest BCUT2D eigenvalue weighted by Gasteiger charge is -2.17. The quantitative estimate of drug-likeness (QED) is 0.297. The second kappa shape index (κ2) is 11.9. The van der Waals surface area contributed by atoms with E-state index in [1.165, 1.54) is 6.26 Å². The fourth-order valence-electron chi connectivity index (χ4n) is 4.36. The summed E-state index contributed by atoms with van der Waals surface area (Å²) < 4.78 is 10.6. The van der Waals surface area contributed by atoms with Gasteiger partial charge in [0.05, 0.1) is 12.8 Å². The number of carboxylic acids is 1. The Kier molecular flexibility index (Phi) is 8.23. The molecule has 0 fully saturated rings. The number of alkyl carbamates (subject to hydrolysis) is 1. The number of carbonyl (C=O) groups excluding carboxylic acids is 2. The minimum absolute atomic E-state index is 0.101. The Balaban J connectivity index is 1.19. The van der Waals surface area contributed by atoms with Crippen LogP contribution in [0.3, 0.4) is 0 Å². The number of carbonyl (C=O) groups is 3. The molecule has 1 heterocycles. The van der Waals surface area contributed by atoms with Gasteiger partial charge < -0.3 is 30.2 Å². The molecule has 2 aromatic carbocycles. The Hall–Kier alpha value is -4.27. The van der Waals surface area contributed by atoms with Crippen LogP contribution >= 0.6 is 0 Å². The SMILES string of the molecule is O=C(NCCCCC(NC(=O)OCC1c2ccccc2-c2ccccc21)C(=O)O)NCc1ccco1. The number of benzene rings is 2. The van der Waals surface area contributed by atoms with Gasteiger partial charge in [0.1, 0.15) is 18.4 Å². The van der Waals surface area contributed by atoms with Gasteiger partial charge >= 0.3 is 18.1 Å². The molecule has 9 nitrogen and oxygen atoms in total. The van der Waals surface area contributed by atoms with Crippen molar-refractivity contribution in [1.29, 1.82) is 0 Å². The van der Waals surface area contributed by atoms with Crippen molar-refractivity contribution >= 4 is 18.1 Å². The van der Waals surface area contributed by atoms with E-state index in [0.29, 0.717) is 25.1 Å². The molecular weight excluding hydrogens is 462 g/mol. The van der Waals surface area contributed by atoms with Crippen LogP contribution in [0.15, 0.2) is 71.3 Å². The summed E-state index contributed by atoms with van der Waals surface area (Å²) in [5, 5.41) is 17.3. The normalized spacial score (nSPS) is 12.8.